The quantitative estimate of drug-likeness (QED) is 0.155. The highest BCUT2D eigenvalue weighted by atomic mass is 35.5. The molecular weight excluding hydrogens is 573 g/mol. The van der Waals surface area contributed by atoms with Gasteiger partial charge in [-0.05, 0) is 56.3 Å². The zero-order chi connectivity index (χ0) is 29.3. The summed E-state index contributed by atoms with van der Waals surface area (Å²) in [7, 11) is 0. The van der Waals surface area contributed by atoms with E-state index in [4.69, 9.17) is 23.2 Å². The van der Waals surface area contributed by atoms with Gasteiger partial charge < -0.3 is 20.4 Å². The highest BCUT2D eigenvalue weighted by molar-refractivity contribution is 6.33. The first-order chi connectivity index (χ1) is 19.6. The van der Waals surface area contributed by atoms with Gasteiger partial charge in [0.25, 0.3) is 0 Å². The van der Waals surface area contributed by atoms with Gasteiger partial charge in [0.2, 0.25) is 0 Å². The normalized spacial score (nSPS) is 11.8. The van der Waals surface area contributed by atoms with Gasteiger partial charge >= 0.3 is 0 Å². The number of aromatic nitrogens is 5. The minimum atomic E-state index is -0.996. The summed E-state index contributed by atoms with van der Waals surface area (Å²) in [5, 5.41) is 14.3. The van der Waals surface area contributed by atoms with Crippen molar-refractivity contribution in [2.45, 2.75) is 20.0 Å². The number of hydrogen-bond acceptors (Lipinski definition) is 6. The Morgan fingerprint density at radius 1 is 0.902 bits per heavy atom. The van der Waals surface area contributed by atoms with E-state index >= 15 is 0 Å². The number of hydrogen-bond donors (Lipinski definition) is 4. The van der Waals surface area contributed by atoms with Crippen LogP contribution in [0.4, 0.5) is 20.3 Å². The van der Waals surface area contributed by atoms with Gasteiger partial charge in [-0.25, -0.2) is 23.7 Å². The van der Waals surface area contributed by atoms with Crippen molar-refractivity contribution in [2.75, 3.05) is 5.32 Å². The summed E-state index contributed by atoms with van der Waals surface area (Å²) in [5.41, 5.74) is 4.72. The average molecular weight is 595 g/mol. The third-order valence-corrected chi connectivity index (χ3v) is 6.81. The van der Waals surface area contributed by atoms with Crippen molar-refractivity contribution in [3.8, 4) is 0 Å². The fourth-order valence-corrected chi connectivity index (χ4v) is 4.67. The zero-order valence-electron chi connectivity index (χ0n) is 21.6. The summed E-state index contributed by atoms with van der Waals surface area (Å²) in [4.78, 5) is 29.4. The number of aldehydes is 1. The van der Waals surface area contributed by atoms with Crippen LogP contribution < -0.4 is 5.32 Å². The number of benzene rings is 3. The second-order valence-electron chi connectivity index (χ2n) is 9.17. The van der Waals surface area contributed by atoms with E-state index in [1.54, 1.807) is 36.4 Å². The molecule has 208 valence electrons. The van der Waals surface area contributed by atoms with E-state index in [2.05, 4.69) is 30.2 Å². The molecule has 0 aliphatic rings. The molecule has 1 atom stereocenters. The molecule has 3 heterocycles. The summed E-state index contributed by atoms with van der Waals surface area (Å²) in [6.45, 7) is 3.69. The number of nitrogens with one attached hydrogen (secondary N) is 3. The van der Waals surface area contributed by atoms with Gasteiger partial charge in [0.05, 0.1) is 32.8 Å². The molecule has 0 aliphatic heterocycles. The molecule has 0 radical (unpaired) electrons. The largest absolute Gasteiger partial charge is 0.384 e. The second-order valence-corrected chi connectivity index (χ2v) is 9.99. The molecule has 0 spiro atoms. The van der Waals surface area contributed by atoms with Crippen molar-refractivity contribution in [1.82, 2.24) is 24.9 Å². The van der Waals surface area contributed by atoms with Crippen LogP contribution in [0.5, 0.6) is 0 Å². The topological polar surface area (TPSA) is 120 Å². The number of halogens is 4. The Hall–Kier alpha value is -4.38. The van der Waals surface area contributed by atoms with Crippen LogP contribution in [0, 0.1) is 25.5 Å². The smallest absolute Gasteiger partial charge is 0.151 e. The number of pyridine rings is 1. The first kappa shape index (κ1) is 28.2. The lowest BCUT2D eigenvalue weighted by molar-refractivity contribution is 0.112. The molecule has 12 heteroatoms. The number of aliphatic hydroxyl groups excluding tert-OH is 1. The monoisotopic (exact) mass is 594 g/mol. The summed E-state index contributed by atoms with van der Waals surface area (Å²) >= 11 is 12.1. The number of rotatable bonds is 5. The predicted molar refractivity (Wildman–Crippen MR) is 155 cm³/mol. The van der Waals surface area contributed by atoms with Crippen LogP contribution in [0.2, 0.25) is 10.0 Å². The number of aryl methyl sites for hydroxylation is 2. The molecule has 0 saturated carbocycles. The highest BCUT2D eigenvalue weighted by Gasteiger charge is 2.17. The van der Waals surface area contributed by atoms with E-state index < -0.39 is 17.7 Å². The Kier molecular flexibility index (Phi) is 7.98. The van der Waals surface area contributed by atoms with E-state index in [-0.39, 0.29) is 5.69 Å². The van der Waals surface area contributed by atoms with E-state index in [9.17, 15) is 18.7 Å². The van der Waals surface area contributed by atoms with Crippen LogP contribution in [-0.2, 0) is 0 Å². The maximum Gasteiger partial charge on any atom is 0.151 e. The van der Waals surface area contributed by atoms with E-state index in [1.807, 2.05) is 13.8 Å². The molecule has 0 fully saturated rings. The van der Waals surface area contributed by atoms with Gasteiger partial charge in [-0.2, -0.15) is 0 Å². The number of anilines is 2. The molecule has 8 nitrogen and oxygen atoms in total. The third-order valence-electron chi connectivity index (χ3n) is 6.15. The maximum absolute atomic E-state index is 13.7. The molecule has 3 aromatic heterocycles. The number of nitrogens with zero attached hydrogens (tertiary/aromatic N) is 3. The molecule has 41 heavy (non-hydrogen) atoms. The summed E-state index contributed by atoms with van der Waals surface area (Å²) in [6, 6.07) is 13.3. The SMILES string of the molecule is Cc1nc2cc(C=O)c(Cl)cc2[nH]1.Cc1nc2cc(Cl)c(C(O)c3ccc(Nc4ccc(F)cc4F)nc3)cc2[nH]1. The van der Waals surface area contributed by atoms with Crippen LogP contribution in [-0.4, -0.2) is 36.3 Å². The van der Waals surface area contributed by atoms with Crippen molar-refractivity contribution in [3.63, 3.8) is 0 Å². The lowest BCUT2D eigenvalue weighted by Gasteiger charge is -2.14. The van der Waals surface area contributed by atoms with Crippen LogP contribution in [0.15, 0.2) is 60.8 Å². The van der Waals surface area contributed by atoms with Gasteiger partial charge in [-0.3, -0.25) is 4.79 Å². The number of carbonyl (C=O) groups excluding carboxylic acids is 1. The fourth-order valence-electron chi connectivity index (χ4n) is 4.20. The molecule has 6 rings (SSSR count). The molecule has 0 amide bonds. The molecule has 1 unspecified atom stereocenters. The summed E-state index contributed by atoms with van der Waals surface area (Å²) < 4.78 is 26.7. The standard InChI is InChI=1S/C20H15ClF2N4O.C9H7ClN2O/c1-10-25-17-7-13(14(21)8-18(17)26-10)20(28)11-2-5-19(24-9-11)27-16-4-3-12(22)6-15(16)23;1-5-11-8-2-6(4-13)7(10)3-9(8)12-5/h2-9,20,28H,1H3,(H,24,27)(H,25,26);2-4H,1H3,(H,11,12). The average Bonchev–Trinajstić information content (AvgIpc) is 3.48. The fraction of sp³-hybridized carbons (Fsp3) is 0.103. The van der Waals surface area contributed by atoms with Crippen LogP contribution >= 0.6 is 23.2 Å². The number of aromatic amines is 2. The molecular formula is C29H22Cl2F2N6O2. The molecule has 4 N–H and O–H groups in total. The minimum absolute atomic E-state index is 0.102. The van der Waals surface area contributed by atoms with Crippen LogP contribution in [0.3, 0.4) is 0 Å². The Balaban J connectivity index is 0.000000216. The maximum atomic E-state index is 13.7. The highest BCUT2D eigenvalue weighted by Crippen LogP contribution is 2.32. The zero-order valence-corrected chi connectivity index (χ0v) is 23.1. The van der Waals surface area contributed by atoms with Gasteiger partial charge in [0.15, 0.2) is 6.29 Å². The lowest BCUT2D eigenvalue weighted by atomic mass is 10.0. The van der Waals surface area contributed by atoms with Crippen molar-refractivity contribution in [3.05, 3.63) is 111 Å². The molecule has 0 aliphatic carbocycles. The van der Waals surface area contributed by atoms with Crippen molar-refractivity contribution < 1.29 is 18.7 Å². The Morgan fingerprint density at radius 2 is 1.59 bits per heavy atom. The van der Waals surface area contributed by atoms with Gasteiger partial charge in [-0.1, -0.05) is 29.3 Å². The predicted octanol–water partition coefficient (Wildman–Crippen LogP) is 7.36. The van der Waals surface area contributed by atoms with Crippen LogP contribution in [0.1, 0.15) is 39.2 Å². The summed E-state index contributed by atoms with van der Waals surface area (Å²) in [6.07, 6.45) is 1.20. The van der Waals surface area contributed by atoms with Crippen molar-refractivity contribution in [1.29, 1.82) is 0 Å². The Morgan fingerprint density at radius 3 is 2.22 bits per heavy atom. The van der Waals surface area contributed by atoms with E-state index in [0.29, 0.717) is 32.6 Å². The lowest BCUT2D eigenvalue weighted by Crippen LogP contribution is -2.03. The van der Waals surface area contributed by atoms with Gasteiger partial charge in [0, 0.05) is 34.0 Å². The van der Waals surface area contributed by atoms with E-state index in [1.165, 1.54) is 12.3 Å². The first-order valence-electron chi connectivity index (χ1n) is 12.2. The number of carbonyl (C=O) groups is 1. The first-order valence-corrected chi connectivity index (χ1v) is 13.0. The van der Waals surface area contributed by atoms with E-state index in [0.717, 1.165) is 52.1 Å². The minimum Gasteiger partial charge on any atom is -0.384 e. The van der Waals surface area contributed by atoms with Gasteiger partial charge in [0.1, 0.15) is 35.2 Å². The molecule has 0 bridgehead atoms. The number of aliphatic hydroxyl groups is 1. The number of fused-ring (bicyclic) bond motifs is 2. The Labute approximate surface area is 242 Å². The second kappa shape index (κ2) is 11.6. The summed E-state index contributed by atoms with van der Waals surface area (Å²) in [5.74, 6) is 0.542. The molecule has 0 saturated heterocycles. The molecule has 6 aromatic rings. The van der Waals surface area contributed by atoms with Crippen LogP contribution in [0.25, 0.3) is 22.1 Å². The molecule has 3 aromatic carbocycles. The van der Waals surface area contributed by atoms with Crippen molar-refractivity contribution >= 4 is 63.1 Å². The van der Waals surface area contributed by atoms with Crippen molar-refractivity contribution in [2.24, 2.45) is 0 Å². The number of imidazole rings is 2. The number of H-pyrrole nitrogens is 2. The third kappa shape index (κ3) is 6.19. The van der Waals surface area contributed by atoms with Gasteiger partial charge in [-0.15, -0.1) is 0 Å². The Bertz CT molecular complexity index is 1890.